The van der Waals surface area contributed by atoms with Crippen LogP contribution in [0.1, 0.15) is 42.0 Å². The molecule has 0 nitrogen and oxygen atoms in total. The summed E-state index contributed by atoms with van der Waals surface area (Å²) < 4.78 is 0. The molecule has 0 aromatic heterocycles. The Labute approximate surface area is 158 Å². The highest BCUT2D eigenvalue weighted by molar-refractivity contribution is 5.89. The van der Waals surface area contributed by atoms with Crippen LogP contribution in [0, 0.1) is 19.8 Å². The molecule has 3 rings (SSSR count). The highest BCUT2D eigenvalue weighted by Gasteiger charge is 2.19. The molecule has 0 atom stereocenters. The molecule has 0 heterocycles. The van der Waals surface area contributed by atoms with E-state index in [4.69, 9.17) is 0 Å². The Balaban J connectivity index is 2.25. The molecule has 0 heteroatoms. The third-order valence-corrected chi connectivity index (χ3v) is 4.91. The topological polar surface area (TPSA) is 0 Å². The molecule has 1 saturated carbocycles. The van der Waals surface area contributed by atoms with Crippen molar-refractivity contribution in [2.24, 2.45) is 5.92 Å². The molecule has 0 radical (unpaired) electrons. The molecular formula is C26H28. The largest absolute Gasteiger partial charge is 0.0955 e. The molecule has 0 unspecified atom stereocenters. The van der Waals surface area contributed by atoms with Gasteiger partial charge in [0.05, 0.1) is 0 Å². The van der Waals surface area contributed by atoms with Crippen LogP contribution >= 0.6 is 0 Å². The fourth-order valence-electron chi connectivity index (χ4n) is 3.32. The molecule has 0 saturated heterocycles. The van der Waals surface area contributed by atoms with E-state index >= 15 is 0 Å². The second-order valence-corrected chi connectivity index (χ2v) is 7.44. The Hall–Kier alpha value is -2.60. The SMILES string of the molecule is C=C(C)/C(C(=C)/C=C/C1CC1)=C(/c1ccccc1)c1cc(C)ccc1C. The molecular weight excluding hydrogens is 312 g/mol. The summed E-state index contributed by atoms with van der Waals surface area (Å²) in [6, 6.07) is 17.3. The van der Waals surface area contributed by atoms with E-state index in [1.807, 2.05) is 0 Å². The fourth-order valence-corrected chi connectivity index (χ4v) is 3.32. The first-order chi connectivity index (χ1) is 12.5. The summed E-state index contributed by atoms with van der Waals surface area (Å²) in [6.45, 7) is 15.1. The van der Waals surface area contributed by atoms with E-state index in [2.05, 4.69) is 94.6 Å². The quantitative estimate of drug-likeness (QED) is 0.488. The van der Waals surface area contributed by atoms with Gasteiger partial charge in [-0.2, -0.15) is 0 Å². The van der Waals surface area contributed by atoms with Crippen molar-refractivity contribution in [2.75, 3.05) is 0 Å². The summed E-state index contributed by atoms with van der Waals surface area (Å²) >= 11 is 0. The number of rotatable bonds is 6. The van der Waals surface area contributed by atoms with Gasteiger partial charge < -0.3 is 0 Å². The van der Waals surface area contributed by atoms with Crippen molar-refractivity contribution < 1.29 is 0 Å². The maximum absolute atomic E-state index is 4.39. The van der Waals surface area contributed by atoms with Crippen molar-refractivity contribution in [1.29, 1.82) is 0 Å². The van der Waals surface area contributed by atoms with E-state index in [9.17, 15) is 0 Å². The Morgan fingerprint density at radius 2 is 1.69 bits per heavy atom. The van der Waals surface area contributed by atoms with Crippen molar-refractivity contribution in [3.8, 4) is 0 Å². The van der Waals surface area contributed by atoms with Crippen LogP contribution in [-0.2, 0) is 0 Å². The first-order valence-corrected chi connectivity index (χ1v) is 9.38. The smallest absolute Gasteiger partial charge is 0.00278 e. The lowest BCUT2D eigenvalue weighted by Crippen LogP contribution is -2.00. The van der Waals surface area contributed by atoms with Crippen molar-refractivity contribution in [3.63, 3.8) is 0 Å². The summed E-state index contributed by atoms with van der Waals surface area (Å²) in [5, 5.41) is 0. The lowest BCUT2D eigenvalue weighted by molar-refractivity contribution is 1.12. The van der Waals surface area contributed by atoms with E-state index in [1.165, 1.54) is 40.7 Å². The molecule has 0 bridgehead atoms. The average Bonchev–Trinajstić information content (AvgIpc) is 3.44. The molecule has 0 N–H and O–H groups in total. The monoisotopic (exact) mass is 340 g/mol. The molecule has 0 spiro atoms. The summed E-state index contributed by atoms with van der Waals surface area (Å²) in [5.74, 6) is 0.735. The van der Waals surface area contributed by atoms with Gasteiger partial charge in [-0.05, 0) is 78.5 Å². The van der Waals surface area contributed by atoms with E-state index in [0.29, 0.717) is 0 Å². The minimum absolute atomic E-state index is 0.735. The van der Waals surface area contributed by atoms with Crippen LogP contribution in [0.5, 0.6) is 0 Å². The molecule has 2 aromatic carbocycles. The number of allylic oxidation sites excluding steroid dienone is 5. The molecule has 132 valence electrons. The van der Waals surface area contributed by atoms with Crippen LogP contribution in [0.25, 0.3) is 5.57 Å². The van der Waals surface area contributed by atoms with Crippen molar-refractivity contribution in [1.82, 2.24) is 0 Å². The van der Waals surface area contributed by atoms with Crippen LogP contribution < -0.4 is 0 Å². The van der Waals surface area contributed by atoms with Crippen LogP contribution in [0.2, 0.25) is 0 Å². The molecule has 26 heavy (non-hydrogen) atoms. The summed E-state index contributed by atoms with van der Waals surface area (Å²) in [7, 11) is 0. The number of benzene rings is 2. The third-order valence-electron chi connectivity index (χ3n) is 4.91. The highest BCUT2D eigenvalue weighted by atomic mass is 14.2. The van der Waals surface area contributed by atoms with Gasteiger partial charge in [-0.1, -0.05) is 79.4 Å². The van der Waals surface area contributed by atoms with Crippen LogP contribution in [-0.4, -0.2) is 0 Å². The Morgan fingerprint density at radius 1 is 1.00 bits per heavy atom. The van der Waals surface area contributed by atoms with Crippen molar-refractivity contribution >= 4 is 5.57 Å². The Kier molecular flexibility index (Phi) is 5.42. The predicted octanol–water partition coefficient (Wildman–Crippen LogP) is 7.20. The summed E-state index contributed by atoms with van der Waals surface area (Å²) in [5.41, 5.74) is 9.48. The van der Waals surface area contributed by atoms with Gasteiger partial charge in [0, 0.05) is 0 Å². The molecule has 1 fully saturated rings. The van der Waals surface area contributed by atoms with Crippen molar-refractivity contribution in [2.45, 2.75) is 33.6 Å². The van der Waals surface area contributed by atoms with Gasteiger partial charge in [-0.15, -0.1) is 0 Å². The summed E-state index contributed by atoms with van der Waals surface area (Å²) in [6.07, 6.45) is 7.10. The molecule has 0 aliphatic heterocycles. The van der Waals surface area contributed by atoms with E-state index < -0.39 is 0 Å². The lowest BCUT2D eigenvalue weighted by atomic mass is 9.84. The Morgan fingerprint density at radius 3 is 2.31 bits per heavy atom. The second kappa shape index (κ2) is 7.74. The zero-order chi connectivity index (χ0) is 18.7. The zero-order valence-electron chi connectivity index (χ0n) is 16.2. The third kappa shape index (κ3) is 4.14. The number of hydrogen-bond acceptors (Lipinski definition) is 0. The van der Waals surface area contributed by atoms with Gasteiger partial charge in [-0.25, -0.2) is 0 Å². The standard InChI is InChI=1S/C26H28/c1-18(2)25(21(5)13-14-22-15-16-22)26(23-9-7-6-8-10-23)24-17-19(3)11-12-20(24)4/h6-14,17,22H,1,5,15-16H2,2-4H3/b14-13+,26-25+. The van der Waals surface area contributed by atoms with Gasteiger partial charge >= 0.3 is 0 Å². The molecule has 1 aliphatic rings. The molecule has 0 amide bonds. The van der Waals surface area contributed by atoms with Gasteiger partial charge in [0.1, 0.15) is 0 Å². The minimum Gasteiger partial charge on any atom is -0.0955 e. The second-order valence-electron chi connectivity index (χ2n) is 7.44. The first-order valence-electron chi connectivity index (χ1n) is 9.38. The van der Waals surface area contributed by atoms with E-state index in [-0.39, 0.29) is 0 Å². The van der Waals surface area contributed by atoms with Crippen LogP contribution in [0.15, 0.2) is 90.6 Å². The van der Waals surface area contributed by atoms with E-state index in [1.54, 1.807) is 0 Å². The average molecular weight is 341 g/mol. The van der Waals surface area contributed by atoms with Crippen LogP contribution in [0.4, 0.5) is 0 Å². The fraction of sp³-hybridized carbons (Fsp3) is 0.231. The maximum Gasteiger partial charge on any atom is -0.00278 e. The number of hydrogen-bond donors (Lipinski definition) is 0. The zero-order valence-corrected chi connectivity index (χ0v) is 16.2. The van der Waals surface area contributed by atoms with Crippen molar-refractivity contribution in [3.05, 3.63) is 113 Å². The molecule has 2 aromatic rings. The van der Waals surface area contributed by atoms with Gasteiger partial charge in [-0.3, -0.25) is 0 Å². The predicted molar refractivity (Wildman–Crippen MR) is 114 cm³/mol. The highest BCUT2D eigenvalue weighted by Crippen LogP contribution is 2.37. The maximum atomic E-state index is 4.39. The van der Waals surface area contributed by atoms with Gasteiger partial charge in [0.25, 0.3) is 0 Å². The normalized spacial score (nSPS) is 15.0. The first kappa shape index (κ1) is 18.2. The van der Waals surface area contributed by atoms with Crippen LogP contribution in [0.3, 0.4) is 0 Å². The molecule has 1 aliphatic carbocycles. The van der Waals surface area contributed by atoms with Gasteiger partial charge in [0.2, 0.25) is 0 Å². The minimum atomic E-state index is 0.735. The lowest BCUT2D eigenvalue weighted by Gasteiger charge is -2.19. The summed E-state index contributed by atoms with van der Waals surface area (Å²) in [4.78, 5) is 0. The Bertz CT molecular complexity index is 887. The number of aryl methyl sites for hydroxylation is 2. The van der Waals surface area contributed by atoms with Gasteiger partial charge in [0.15, 0.2) is 0 Å². The van der Waals surface area contributed by atoms with E-state index in [0.717, 1.165) is 22.6 Å².